The van der Waals surface area contributed by atoms with Crippen molar-refractivity contribution in [1.82, 2.24) is 25.1 Å². The molecular weight excluding hydrogens is 226 g/mol. The molecule has 0 radical (unpaired) electrons. The number of rotatable bonds is 3. The number of piperazine rings is 1. The Balaban J connectivity index is 1.82. The van der Waals surface area contributed by atoms with E-state index in [4.69, 9.17) is 0 Å². The summed E-state index contributed by atoms with van der Waals surface area (Å²) in [7, 11) is 2.17. The SMILES string of the molecule is CN1CCN(NCc2cnn(C(C)(C)C)c2)CC1. The summed E-state index contributed by atoms with van der Waals surface area (Å²) in [6, 6.07) is 0. The largest absolute Gasteiger partial charge is 0.304 e. The van der Waals surface area contributed by atoms with Crippen molar-refractivity contribution in [2.24, 2.45) is 0 Å². The summed E-state index contributed by atoms with van der Waals surface area (Å²) >= 11 is 0. The Labute approximate surface area is 110 Å². The highest BCUT2D eigenvalue weighted by Gasteiger charge is 2.15. The van der Waals surface area contributed by atoms with Gasteiger partial charge in [-0.1, -0.05) is 0 Å². The van der Waals surface area contributed by atoms with E-state index in [0.29, 0.717) is 0 Å². The molecule has 18 heavy (non-hydrogen) atoms. The Morgan fingerprint density at radius 3 is 2.44 bits per heavy atom. The summed E-state index contributed by atoms with van der Waals surface area (Å²) in [6.45, 7) is 11.8. The van der Waals surface area contributed by atoms with Crippen molar-refractivity contribution in [3.05, 3.63) is 18.0 Å². The third kappa shape index (κ3) is 3.54. The van der Waals surface area contributed by atoms with Gasteiger partial charge in [-0.15, -0.1) is 0 Å². The predicted octanol–water partition coefficient (Wildman–Crippen LogP) is 0.890. The average molecular weight is 251 g/mol. The Kier molecular flexibility index (Phi) is 4.04. The molecule has 0 amide bonds. The Morgan fingerprint density at radius 2 is 1.89 bits per heavy atom. The number of aromatic nitrogens is 2. The second kappa shape index (κ2) is 5.38. The van der Waals surface area contributed by atoms with Crippen LogP contribution in [-0.4, -0.2) is 52.9 Å². The van der Waals surface area contributed by atoms with Crippen molar-refractivity contribution < 1.29 is 0 Å². The van der Waals surface area contributed by atoms with Crippen LogP contribution in [-0.2, 0) is 12.1 Å². The zero-order valence-corrected chi connectivity index (χ0v) is 12.0. The Hall–Kier alpha value is -0.910. The molecule has 1 aliphatic rings. The standard InChI is InChI=1S/C13H25N5/c1-13(2,3)18-11-12(10-15-18)9-14-17-7-5-16(4)6-8-17/h10-11,14H,5-9H2,1-4H3. The van der Waals surface area contributed by atoms with E-state index in [-0.39, 0.29) is 5.54 Å². The Morgan fingerprint density at radius 1 is 1.22 bits per heavy atom. The smallest absolute Gasteiger partial charge is 0.0543 e. The van der Waals surface area contributed by atoms with Gasteiger partial charge in [0.15, 0.2) is 0 Å². The van der Waals surface area contributed by atoms with E-state index in [1.165, 1.54) is 5.56 Å². The summed E-state index contributed by atoms with van der Waals surface area (Å²) in [5.41, 5.74) is 4.78. The van der Waals surface area contributed by atoms with Gasteiger partial charge in [-0.2, -0.15) is 5.10 Å². The molecule has 0 atom stereocenters. The fourth-order valence-electron chi connectivity index (χ4n) is 1.99. The van der Waals surface area contributed by atoms with Crippen molar-refractivity contribution in [1.29, 1.82) is 0 Å². The van der Waals surface area contributed by atoms with Crippen LogP contribution >= 0.6 is 0 Å². The van der Waals surface area contributed by atoms with Crippen LogP contribution < -0.4 is 5.43 Å². The molecule has 1 fully saturated rings. The highest BCUT2D eigenvalue weighted by atomic mass is 15.5. The van der Waals surface area contributed by atoms with Gasteiger partial charge in [0.25, 0.3) is 0 Å². The summed E-state index contributed by atoms with van der Waals surface area (Å²) in [5.74, 6) is 0. The van der Waals surface area contributed by atoms with E-state index in [2.05, 4.69) is 54.4 Å². The zero-order valence-electron chi connectivity index (χ0n) is 12.0. The van der Waals surface area contributed by atoms with E-state index < -0.39 is 0 Å². The normalized spacial score (nSPS) is 19.3. The first-order valence-corrected chi connectivity index (χ1v) is 6.66. The van der Waals surface area contributed by atoms with E-state index in [0.717, 1.165) is 32.7 Å². The van der Waals surface area contributed by atoms with Gasteiger partial charge in [0.1, 0.15) is 0 Å². The molecule has 1 aromatic rings. The van der Waals surface area contributed by atoms with Crippen molar-refractivity contribution in [2.45, 2.75) is 32.9 Å². The third-order valence-corrected chi connectivity index (χ3v) is 3.33. The molecule has 1 aromatic heterocycles. The van der Waals surface area contributed by atoms with Gasteiger partial charge in [-0.05, 0) is 27.8 Å². The molecule has 0 unspecified atom stereocenters. The highest BCUT2D eigenvalue weighted by Crippen LogP contribution is 2.13. The fourth-order valence-corrected chi connectivity index (χ4v) is 1.99. The molecular formula is C13H25N5. The van der Waals surface area contributed by atoms with Gasteiger partial charge >= 0.3 is 0 Å². The lowest BCUT2D eigenvalue weighted by Crippen LogP contribution is -2.50. The van der Waals surface area contributed by atoms with Crippen LogP contribution in [0.25, 0.3) is 0 Å². The number of hydrogen-bond acceptors (Lipinski definition) is 4. The predicted molar refractivity (Wildman–Crippen MR) is 73.1 cm³/mol. The quantitative estimate of drug-likeness (QED) is 0.865. The van der Waals surface area contributed by atoms with Gasteiger partial charge in [0, 0.05) is 44.5 Å². The second-order valence-corrected chi connectivity index (χ2v) is 6.09. The van der Waals surface area contributed by atoms with Crippen molar-refractivity contribution in [3.63, 3.8) is 0 Å². The average Bonchev–Trinajstić information content (AvgIpc) is 2.77. The van der Waals surface area contributed by atoms with E-state index in [1.807, 2.05) is 10.9 Å². The van der Waals surface area contributed by atoms with Crippen LogP contribution in [0.1, 0.15) is 26.3 Å². The van der Waals surface area contributed by atoms with Crippen molar-refractivity contribution in [3.8, 4) is 0 Å². The lowest BCUT2D eigenvalue weighted by molar-refractivity contribution is 0.102. The number of nitrogens with one attached hydrogen (secondary N) is 1. The van der Waals surface area contributed by atoms with Gasteiger partial charge in [-0.3, -0.25) is 10.1 Å². The van der Waals surface area contributed by atoms with E-state index in [9.17, 15) is 0 Å². The minimum absolute atomic E-state index is 0.0616. The van der Waals surface area contributed by atoms with Crippen molar-refractivity contribution >= 4 is 0 Å². The molecule has 1 saturated heterocycles. The molecule has 5 nitrogen and oxygen atoms in total. The topological polar surface area (TPSA) is 36.3 Å². The Bertz CT molecular complexity index is 371. The molecule has 1 aliphatic heterocycles. The molecule has 0 aromatic carbocycles. The van der Waals surface area contributed by atoms with E-state index >= 15 is 0 Å². The molecule has 2 heterocycles. The van der Waals surface area contributed by atoms with Crippen molar-refractivity contribution in [2.75, 3.05) is 33.2 Å². The molecule has 5 heteroatoms. The number of hydrogen-bond donors (Lipinski definition) is 1. The fraction of sp³-hybridized carbons (Fsp3) is 0.769. The molecule has 0 bridgehead atoms. The summed E-state index contributed by atoms with van der Waals surface area (Å²) in [5, 5.41) is 6.71. The maximum absolute atomic E-state index is 4.41. The van der Waals surface area contributed by atoms with Gasteiger partial charge in [0.05, 0.1) is 11.7 Å². The minimum atomic E-state index is 0.0616. The van der Waals surface area contributed by atoms with Crippen LogP contribution in [0, 0.1) is 0 Å². The van der Waals surface area contributed by atoms with Crippen LogP contribution in [0.4, 0.5) is 0 Å². The number of nitrogens with zero attached hydrogens (tertiary/aromatic N) is 4. The first kappa shape index (κ1) is 13.5. The molecule has 0 spiro atoms. The monoisotopic (exact) mass is 251 g/mol. The first-order valence-electron chi connectivity index (χ1n) is 6.66. The third-order valence-electron chi connectivity index (χ3n) is 3.33. The van der Waals surface area contributed by atoms with Crippen LogP contribution in [0.15, 0.2) is 12.4 Å². The maximum atomic E-state index is 4.41. The highest BCUT2D eigenvalue weighted by molar-refractivity contribution is 5.04. The second-order valence-electron chi connectivity index (χ2n) is 6.09. The van der Waals surface area contributed by atoms with Crippen LogP contribution in [0.3, 0.4) is 0 Å². The van der Waals surface area contributed by atoms with Crippen LogP contribution in [0.5, 0.6) is 0 Å². The van der Waals surface area contributed by atoms with Gasteiger partial charge < -0.3 is 4.90 Å². The molecule has 2 rings (SSSR count). The zero-order chi connectivity index (χ0) is 13.2. The summed E-state index contributed by atoms with van der Waals surface area (Å²) in [6.07, 6.45) is 4.08. The molecule has 0 aliphatic carbocycles. The minimum Gasteiger partial charge on any atom is -0.304 e. The maximum Gasteiger partial charge on any atom is 0.0543 e. The number of hydrazine groups is 1. The van der Waals surface area contributed by atoms with Crippen LogP contribution in [0.2, 0.25) is 0 Å². The number of likely N-dealkylation sites (N-methyl/N-ethyl adjacent to an activating group) is 1. The van der Waals surface area contributed by atoms with E-state index in [1.54, 1.807) is 0 Å². The van der Waals surface area contributed by atoms with Gasteiger partial charge in [-0.25, -0.2) is 5.01 Å². The first-order chi connectivity index (χ1) is 8.45. The molecule has 1 N–H and O–H groups in total. The molecule has 0 saturated carbocycles. The summed E-state index contributed by atoms with van der Waals surface area (Å²) in [4.78, 5) is 2.36. The lowest BCUT2D eigenvalue weighted by atomic mass is 10.1. The lowest BCUT2D eigenvalue weighted by Gasteiger charge is -2.32. The van der Waals surface area contributed by atoms with Gasteiger partial charge in [0.2, 0.25) is 0 Å². The summed E-state index contributed by atoms with van der Waals surface area (Å²) < 4.78 is 2.02. The molecule has 102 valence electrons.